The molecule has 0 spiro atoms. The fraction of sp³-hybridized carbons (Fsp3) is 0.242. The van der Waals surface area contributed by atoms with E-state index in [1.807, 2.05) is 78.9 Å². The van der Waals surface area contributed by atoms with Crippen LogP contribution in [0.2, 0.25) is 0 Å². The summed E-state index contributed by atoms with van der Waals surface area (Å²) in [6.07, 6.45) is 7.17. The number of nitrogens with one attached hydrogen (secondary N) is 1. The second kappa shape index (κ2) is 12.1. The molecule has 208 valence electrons. The predicted octanol–water partition coefficient (Wildman–Crippen LogP) is 7.81. The van der Waals surface area contributed by atoms with Gasteiger partial charge in [0.25, 0.3) is 5.69 Å². The predicted molar refractivity (Wildman–Crippen MR) is 159 cm³/mol. The van der Waals surface area contributed by atoms with E-state index in [4.69, 9.17) is 14.5 Å². The second-order valence-corrected chi connectivity index (χ2v) is 10.4. The van der Waals surface area contributed by atoms with Crippen LogP contribution in [0.4, 0.5) is 11.5 Å². The standard InChI is InChI=1S/C33H32N4O4/c38-37(39)27-16-19-31-35-32(33(36(31)21-27)34-26-14-8-3-9-15-26)29-18-17-28(40-22-24-10-4-1-5-11-24)20-30(29)41-23-25-12-6-2-7-13-25/h1-2,4-7,10-13,16-21,26,34H,3,8-9,14-15,22-23H2. The number of rotatable bonds is 10. The van der Waals surface area contributed by atoms with Crippen LogP contribution in [0.1, 0.15) is 43.2 Å². The molecule has 0 bridgehead atoms. The van der Waals surface area contributed by atoms with E-state index in [-0.39, 0.29) is 16.7 Å². The summed E-state index contributed by atoms with van der Waals surface area (Å²) in [5.74, 6) is 2.05. The molecule has 0 unspecified atom stereocenters. The molecule has 2 heterocycles. The highest BCUT2D eigenvalue weighted by Gasteiger charge is 2.23. The van der Waals surface area contributed by atoms with Gasteiger partial charge in [-0.1, -0.05) is 79.9 Å². The Morgan fingerprint density at radius 1 is 0.854 bits per heavy atom. The summed E-state index contributed by atoms with van der Waals surface area (Å²) in [7, 11) is 0. The molecular weight excluding hydrogens is 516 g/mol. The first-order valence-corrected chi connectivity index (χ1v) is 14.0. The molecule has 1 fully saturated rings. The summed E-state index contributed by atoms with van der Waals surface area (Å²) >= 11 is 0. The van der Waals surface area contributed by atoms with Crippen molar-refractivity contribution < 1.29 is 14.4 Å². The molecule has 41 heavy (non-hydrogen) atoms. The van der Waals surface area contributed by atoms with Crippen molar-refractivity contribution >= 4 is 17.2 Å². The van der Waals surface area contributed by atoms with Gasteiger partial charge >= 0.3 is 0 Å². The van der Waals surface area contributed by atoms with E-state index < -0.39 is 0 Å². The molecule has 0 saturated heterocycles. The number of nitrogens with zero attached hydrogens (tertiary/aromatic N) is 3. The molecule has 0 radical (unpaired) electrons. The monoisotopic (exact) mass is 548 g/mol. The largest absolute Gasteiger partial charge is 0.489 e. The van der Waals surface area contributed by atoms with Gasteiger partial charge in [-0.25, -0.2) is 4.98 Å². The van der Waals surface area contributed by atoms with Gasteiger partial charge in [0.05, 0.1) is 11.1 Å². The maximum Gasteiger partial charge on any atom is 0.286 e. The van der Waals surface area contributed by atoms with Gasteiger partial charge in [0, 0.05) is 23.7 Å². The van der Waals surface area contributed by atoms with E-state index in [1.165, 1.54) is 12.5 Å². The average Bonchev–Trinajstić information content (AvgIpc) is 3.37. The van der Waals surface area contributed by atoms with Gasteiger partial charge in [-0.15, -0.1) is 0 Å². The summed E-state index contributed by atoms with van der Waals surface area (Å²) in [5.41, 5.74) is 4.23. The van der Waals surface area contributed by atoms with E-state index in [2.05, 4.69) is 5.32 Å². The first kappa shape index (κ1) is 26.4. The molecule has 0 aliphatic heterocycles. The van der Waals surface area contributed by atoms with E-state index in [0.29, 0.717) is 36.1 Å². The average molecular weight is 549 g/mol. The number of hydrogen-bond acceptors (Lipinski definition) is 6. The summed E-state index contributed by atoms with van der Waals surface area (Å²) in [4.78, 5) is 16.2. The molecule has 3 aromatic carbocycles. The van der Waals surface area contributed by atoms with Gasteiger partial charge < -0.3 is 14.8 Å². The molecule has 1 saturated carbocycles. The molecule has 8 heteroatoms. The summed E-state index contributed by atoms with van der Waals surface area (Å²) < 4.78 is 14.3. The van der Waals surface area contributed by atoms with Crippen LogP contribution in [0.25, 0.3) is 16.9 Å². The third kappa shape index (κ3) is 6.17. The third-order valence-electron chi connectivity index (χ3n) is 7.45. The molecular formula is C33H32N4O4. The number of aromatic nitrogens is 2. The normalized spacial score (nSPS) is 13.7. The Balaban J connectivity index is 1.40. The Kier molecular flexibility index (Phi) is 7.80. The first-order valence-electron chi connectivity index (χ1n) is 14.0. The van der Waals surface area contributed by atoms with Crippen molar-refractivity contribution in [3.8, 4) is 22.8 Å². The van der Waals surface area contributed by atoms with Crippen LogP contribution in [-0.2, 0) is 13.2 Å². The fourth-order valence-electron chi connectivity index (χ4n) is 5.29. The molecule has 8 nitrogen and oxygen atoms in total. The van der Waals surface area contributed by atoms with Crippen LogP contribution in [0.15, 0.2) is 97.2 Å². The lowest BCUT2D eigenvalue weighted by Crippen LogP contribution is -2.23. The highest BCUT2D eigenvalue weighted by Crippen LogP contribution is 2.39. The van der Waals surface area contributed by atoms with Crippen LogP contribution in [-0.4, -0.2) is 20.3 Å². The van der Waals surface area contributed by atoms with Crippen LogP contribution >= 0.6 is 0 Å². The van der Waals surface area contributed by atoms with Gasteiger partial charge in [0.1, 0.15) is 41.9 Å². The number of pyridine rings is 1. The Labute approximate surface area is 238 Å². The molecule has 6 rings (SSSR count). The number of ether oxygens (including phenoxy) is 2. The van der Waals surface area contributed by atoms with Crippen molar-refractivity contribution in [3.05, 3.63) is 118 Å². The smallest absolute Gasteiger partial charge is 0.286 e. The maximum atomic E-state index is 11.6. The van der Waals surface area contributed by atoms with Gasteiger partial charge in [0.15, 0.2) is 0 Å². The topological polar surface area (TPSA) is 90.9 Å². The lowest BCUT2D eigenvalue weighted by molar-refractivity contribution is -0.385. The third-order valence-corrected chi connectivity index (χ3v) is 7.45. The minimum absolute atomic E-state index is 0.0124. The number of anilines is 1. The van der Waals surface area contributed by atoms with Crippen molar-refractivity contribution in [2.24, 2.45) is 0 Å². The quantitative estimate of drug-likeness (QED) is 0.141. The number of benzene rings is 3. The minimum Gasteiger partial charge on any atom is -0.489 e. The lowest BCUT2D eigenvalue weighted by Gasteiger charge is -2.24. The van der Waals surface area contributed by atoms with Crippen molar-refractivity contribution in [2.45, 2.75) is 51.4 Å². The van der Waals surface area contributed by atoms with Crippen LogP contribution in [0.5, 0.6) is 11.5 Å². The molecule has 0 amide bonds. The molecule has 1 N–H and O–H groups in total. The van der Waals surface area contributed by atoms with E-state index in [9.17, 15) is 10.1 Å². The number of imidazole rings is 1. The van der Waals surface area contributed by atoms with E-state index in [0.717, 1.165) is 48.2 Å². The van der Waals surface area contributed by atoms with Crippen LogP contribution < -0.4 is 14.8 Å². The van der Waals surface area contributed by atoms with Crippen molar-refractivity contribution in [2.75, 3.05) is 5.32 Å². The Bertz CT molecular complexity index is 1630. The minimum atomic E-state index is -0.378. The Morgan fingerprint density at radius 2 is 1.54 bits per heavy atom. The molecule has 1 aliphatic carbocycles. The highest BCUT2D eigenvalue weighted by atomic mass is 16.6. The van der Waals surface area contributed by atoms with E-state index >= 15 is 0 Å². The zero-order chi connectivity index (χ0) is 28.0. The zero-order valence-electron chi connectivity index (χ0n) is 22.7. The van der Waals surface area contributed by atoms with Gasteiger partial charge in [-0.2, -0.15) is 0 Å². The Morgan fingerprint density at radius 3 is 2.22 bits per heavy atom. The van der Waals surface area contributed by atoms with Crippen molar-refractivity contribution in [1.82, 2.24) is 9.38 Å². The number of hydrogen-bond donors (Lipinski definition) is 1. The molecule has 2 aromatic heterocycles. The van der Waals surface area contributed by atoms with Gasteiger partial charge in [-0.05, 0) is 42.2 Å². The number of fused-ring (bicyclic) bond motifs is 1. The fourth-order valence-corrected chi connectivity index (χ4v) is 5.29. The summed E-state index contributed by atoms with van der Waals surface area (Å²) in [6.45, 7) is 0.811. The lowest BCUT2D eigenvalue weighted by atomic mass is 9.95. The molecule has 1 aliphatic rings. The van der Waals surface area contributed by atoms with Crippen molar-refractivity contribution in [3.63, 3.8) is 0 Å². The second-order valence-electron chi connectivity index (χ2n) is 10.4. The SMILES string of the molecule is O=[N+]([O-])c1ccc2nc(-c3ccc(OCc4ccccc4)cc3OCc3ccccc3)c(NC3CCCCC3)n2c1. The van der Waals surface area contributed by atoms with E-state index in [1.54, 1.807) is 16.7 Å². The summed E-state index contributed by atoms with van der Waals surface area (Å²) in [6, 6.07) is 29.2. The Hall–Kier alpha value is -4.85. The summed E-state index contributed by atoms with van der Waals surface area (Å²) in [5, 5.41) is 15.3. The van der Waals surface area contributed by atoms with Crippen LogP contribution in [0, 0.1) is 10.1 Å². The maximum absolute atomic E-state index is 11.6. The van der Waals surface area contributed by atoms with Crippen LogP contribution in [0.3, 0.4) is 0 Å². The zero-order valence-corrected chi connectivity index (χ0v) is 22.7. The number of nitro groups is 1. The first-order chi connectivity index (χ1) is 20.1. The van der Waals surface area contributed by atoms with Gasteiger partial charge in [0.2, 0.25) is 0 Å². The molecule has 0 atom stereocenters. The highest BCUT2D eigenvalue weighted by molar-refractivity contribution is 5.81. The van der Waals surface area contributed by atoms with Crippen molar-refractivity contribution in [1.29, 1.82) is 0 Å². The molecule has 5 aromatic rings. The van der Waals surface area contributed by atoms with Gasteiger partial charge in [-0.3, -0.25) is 14.5 Å².